The number of aryl methyl sites for hydroxylation is 2. The van der Waals surface area contributed by atoms with Crippen molar-refractivity contribution >= 4 is 15.9 Å². The van der Waals surface area contributed by atoms with Crippen molar-refractivity contribution in [2.24, 2.45) is 0 Å². The molecular formula is C8H7BrN2. The number of halogens is 1. The van der Waals surface area contributed by atoms with Gasteiger partial charge in [-0.05, 0) is 41.4 Å². The van der Waals surface area contributed by atoms with E-state index in [0.717, 1.165) is 11.3 Å². The summed E-state index contributed by atoms with van der Waals surface area (Å²) in [7, 11) is 0. The van der Waals surface area contributed by atoms with Crippen LogP contribution < -0.4 is 0 Å². The monoisotopic (exact) mass is 210 g/mol. The van der Waals surface area contributed by atoms with Gasteiger partial charge in [-0.1, -0.05) is 0 Å². The normalized spacial score (nSPS) is 9.27. The number of rotatable bonds is 0. The number of hydrogen-bond acceptors (Lipinski definition) is 2. The van der Waals surface area contributed by atoms with Crippen LogP contribution in [0.25, 0.3) is 0 Å². The minimum atomic E-state index is 0.621. The molecule has 0 radical (unpaired) electrons. The summed E-state index contributed by atoms with van der Waals surface area (Å²) in [4.78, 5) is 4.10. The van der Waals surface area contributed by atoms with Gasteiger partial charge in [0.1, 0.15) is 10.7 Å². The van der Waals surface area contributed by atoms with Crippen LogP contribution in [0.2, 0.25) is 0 Å². The molecule has 11 heavy (non-hydrogen) atoms. The zero-order chi connectivity index (χ0) is 8.43. The van der Waals surface area contributed by atoms with Crippen LogP contribution in [0.5, 0.6) is 0 Å². The highest BCUT2D eigenvalue weighted by Crippen LogP contribution is 2.17. The fourth-order valence-electron chi connectivity index (χ4n) is 0.926. The van der Waals surface area contributed by atoms with Crippen molar-refractivity contribution in [2.75, 3.05) is 0 Å². The highest BCUT2D eigenvalue weighted by Gasteiger charge is 2.03. The highest BCUT2D eigenvalue weighted by atomic mass is 79.9. The minimum absolute atomic E-state index is 0.621. The molecule has 0 aliphatic heterocycles. The third-order valence-electron chi connectivity index (χ3n) is 1.41. The maximum atomic E-state index is 8.67. The van der Waals surface area contributed by atoms with Crippen LogP contribution in [-0.4, -0.2) is 4.98 Å². The molecule has 0 aromatic carbocycles. The van der Waals surface area contributed by atoms with Crippen molar-refractivity contribution < 1.29 is 0 Å². The van der Waals surface area contributed by atoms with Crippen molar-refractivity contribution in [1.29, 1.82) is 5.26 Å². The Labute approximate surface area is 74.0 Å². The molecular weight excluding hydrogens is 204 g/mol. The van der Waals surface area contributed by atoms with Gasteiger partial charge in [-0.3, -0.25) is 0 Å². The minimum Gasteiger partial charge on any atom is -0.245 e. The topological polar surface area (TPSA) is 36.7 Å². The Bertz CT molecular complexity index is 302. The van der Waals surface area contributed by atoms with Gasteiger partial charge in [-0.25, -0.2) is 4.98 Å². The molecule has 0 saturated carbocycles. The van der Waals surface area contributed by atoms with Gasteiger partial charge in [0.25, 0.3) is 0 Å². The van der Waals surface area contributed by atoms with E-state index in [-0.39, 0.29) is 0 Å². The van der Waals surface area contributed by atoms with Crippen molar-refractivity contribution in [1.82, 2.24) is 4.98 Å². The summed E-state index contributed by atoms with van der Waals surface area (Å²) in [6.45, 7) is 3.80. The lowest BCUT2D eigenvalue weighted by molar-refractivity contribution is 1.13. The smallest absolute Gasteiger partial charge is 0.124 e. The average molecular weight is 211 g/mol. The zero-order valence-corrected chi connectivity index (χ0v) is 7.94. The predicted molar refractivity (Wildman–Crippen MR) is 46.1 cm³/mol. The van der Waals surface area contributed by atoms with Gasteiger partial charge in [0.15, 0.2) is 0 Å². The van der Waals surface area contributed by atoms with Crippen LogP contribution in [0.15, 0.2) is 10.7 Å². The van der Waals surface area contributed by atoms with Crippen molar-refractivity contribution in [2.45, 2.75) is 13.8 Å². The first-order chi connectivity index (χ1) is 5.15. The van der Waals surface area contributed by atoms with Gasteiger partial charge in [-0.15, -0.1) is 0 Å². The molecule has 1 aromatic rings. The maximum absolute atomic E-state index is 8.67. The van der Waals surface area contributed by atoms with Crippen LogP contribution in [0, 0.1) is 25.2 Å². The SMILES string of the molecule is Cc1cc(C)c(C#N)c(Br)n1. The lowest BCUT2D eigenvalue weighted by atomic mass is 10.1. The van der Waals surface area contributed by atoms with Crippen molar-refractivity contribution in [3.8, 4) is 6.07 Å². The Hall–Kier alpha value is -0.880. The first-order valence-corrected chi connectivity index (χ1v) is 3.98. The summed E-state index contributed by atoms with van der Waals surface area (Å²) in [5.41, 5.74) is 2.51. The fourth-order valence-corrected chi connectivity index (χ4v) is 1.61. The lowest BCUT2D eigenvalue weighted by Crippen LogP contribution is -1.90. The average Bonchev–Trinajstić information content (AvgIpc) is 1.85. The Kier molecular flexibility index (Phi) is 2.25. The van der Waals surface area contributed by atoms with Crippen LogP contribution in [-0.2, 0) is 0 Å². The molecule has 0 fully saturated rings. The molecule has 0 aliphatic rings. The molecule has 56 valence electrons. The predicted octanol–water partition coefficient (Wildman–Crippen LogP) is 2.33. The second kappa shape index (κ2) is 3.02. The molecule has 2 nitrogen and oxygen atoms in total. The molecule has 0 atom stereocenters. The van der Waals surface area contributed by atoms with Crippen LogP contribution >= 0.6 is 15.9 Å². The third-order valence-corrected chi connectivity index (χ3v) is 1.99. The number of nitriles is 1. The number of hydrogen-bond donors (Lipinski definition) is 0. The Balaban J connectivity index is 3.40. The van der Waals surface area contributed by atoms with E-state index < -0.39 is 0 Å². The first kappa shape index (κ1) is 8.22. The van der Waals surface area contributed by atoms with Gasteiger partial charge in [0, 0.05) is 5.69 Å². The molecule has 3 heteroatoms. The van der Waals surface area contributed by atoms with Crippen molar-refractivity contribution in [3.63, 3.8) is 0 Å². The van der Waals surface area contributed by atoms with E-state index in [1.807, 2.05) is 19.9 Å². The lowest BCUT2D eigenvalue weighted by Gasteiger charge is -2.00. The highest BCUT2D eigenvalue weighted by molar-refractivity contribution is 9.10. The molecule has 1 rings (SSSR count). The van der Waals surface area contributed by atoms with Crippen molar-refractivity contribution in [3.05, 3.63) is 27.5 Å². The van der Waals surface area contributed by atoms with Gasteiger partial charge in [-0.2, -0.15) is 5.26 Å². The molecule has 1 heterocycles. The fraction of sp³-hybridized carbons (Fsp3) is 0.250. The summed E-state index contributed by atoms with van der Waals surface area (Å²) in [5.74, 6) is 0. The van der Waals surface area contributed by atoms with E-state index >= 15 is 0 Å². The summed E-state index contributed by atoms with van der Waals surface area (Å²) < 4.78 is 0.637. The van der Waals surface area contributed by atoms with Crippen LogP contribution in [0.1, 0.15) is 16.8 Å². The summed E-state index contributed by atoms with van der Waals surface area (Å²) >= 11 is 3.22. The molecule has 1 aromatic heterocycles. The molecule has 0 aliphatic carbocycles. The van der Waals surface area contributed by atoms with Gasteiger partial charge >= 0.3 is 0 Å². The molecule has 0 bridgehead atoms. The van der Waals surface area contributed by atoms with E-state index in [1.165, 1.54) is 0 Å². The summed E-state index contributed by atoms with van der Waals surface area (Å²) in [6, 6.07) is 3.97. The molecule has 0 spiro atoms. The van der Waals surface area contributed by atoms with Gasteiger partial charge in [0.2, 0.25) is 0 Å². The van der Waals surface area contributed by atoms with E-state index in [1.54, 1.807) is 0 Å². The maximum Gasteiger partial charge on any atom is 0.124 e. The standard InChI is InChI=1S/C8H7BrN2/c1-5-3-6(2)11-8(9)7(5)4-10/h3H,1-2H3. The second-order valence-corrected chi connectivity index (χ2v) is 3.11. The van der Waals surface area contributed by atoms with E-state index in [2.05, 4.69) is 27.0 Å². The zero-order valence-electron chi connectivity index (χ0n) is 6.35. The largest absolute Gasteiger partial charge is 0.245 e. The van der Waals surface area contributed by atoms with E-state index in [0.29, 0.717) is 10.2 Å². The third kappa shape index (κ3) is 1.58. The second-order valence-electron chi connectivity index (χ2n) is 2.36. The van der Waals surface area contributed by atoms with Gasteiger partial charge in [0.05, 0.1) is 5.56 Å². The van der Waals surface area contributed by atoms with E-state index in [4.69, 9.17) is 5.26 Å². The van der Waals surface area contributed by atoms with Crippen LogP contribution in [0.4, 0.5) is 0 Å². The number of aromatic nitrogens is 1. The number of nitrogens with zero attached hydrogens (tertiary/aromatic N) is 2. The molecule has 0 saturated heterocycles. The first-order valence-electron chi connectivity index (χ1n) is 3.19. The molecule has 0 amide bonds. The summed E-state index contributed by atoms with van der Waals surface area (Å²) in [6.07, 6.45) is 0. The quantitative estimate of drug-likeness (QED) is 0.617. The Morgan fingerprint density at radius 1 is 1.55 bits per heavy atom. The Morgan fingerprint density at radius 3 is 2.64 bits per heavy atom. The van der Waals surface area contributed by atoms with Crippen LogP contribution in [0.3, 0.4) is 0 Å². The van der Waals surface area contributed by atoms with E-state index in [9.17, 15) is 0 Å². The number of pyridine rings is 1. The Morgan fingerprint density at radius 2 is 2.18 bits per heavy atom. The molecule has 0 N–H and O–H groups in total. The summed E-state index contributed by atoms with van der Waals surface area (Å²) in [5, 5.41) is 8.67. The van der Waals surface area contributed by atoms with Gasteiger partial charge < -0.3 is 0 Å². The molecule has 0 unspecified atom stereocenters.